The molecule has 0 saturated carbocycles. The molecule has 0 bridgehead atoms. The number of ether oxygens (including phenoxy) is 4. The van der Waals surface area contributed by atoms with Crippen molar-refractivity contribution < 1.29 is 74.3 Å². The fraction of sp³-hybridized carbons (Fsp3) is 0.125. The lowest BCUT2D eigenvalue weighted by molar-refractivity contribution is 0.0434. The van der Waals surface area contributed by atoms with Gasteiger partial charge in [0.15, 0.2) is 0 Å². The molecule has 20 nitrogen and oxygen atoms in total. The summed E-state index contributed by atoms with van der Waals surface area (Å²) >= 11 is 0. The number of carboxylic acids is 2. The number of hydrogen-bond donors (Lipinski definition) is 4. The fourth-order valence-electron chi connectivity index (χ4n) is 4.29. The molecule has 3 rings (SSSR count). The second-order valence-corrected chi connectivity index (χ2v) is 12.8. The third kappa shape index (κ3) is 9.92. The van der Waals surface area contributed by atoms with Crippen LogP contribution in [0.25, 0.3) is 11.1 Å². The largest absolute Gasteiger partial charge is 0.489 e. The summed E-state index contributed by atoms with van der Waals surface area (Å²) in [5.74, 6) is -6.55. The van der Waals surface area contributed by atoms with E-state index in [1.54, 1.807) is 24.3 Å². The van der Waals surface area contributed by atoms with Crippen molar-refractivity contribution in [2.45, 2.75) is 9.79 Å². The summed E-state index contributed by atoms with van der Waals surface area (Å²) in [4.78, 5) is 46.8. The third-order valence-electron chi connectivity index (χ3n) is 6.69. The van der Waals surface area contributed by atoms with Crippen molar-refractivity contribution >= 4 is 55.3 Å². The minimum absolute atomic E-state index is 0.253. The smallest absolute Gasteiger partial charge is 0.339 e. The maximum atomic E-state index is 12.6. The minimum atomic E-state index is -4.81. The number of carbonyl (C=O) groups is 4. The van der Waals surface area contributed by atoms with Gasteiger partial charge in [0.25, 0.3) is 20.2 Å². The van der Waals surface area contributed by atoms with E-state index in [4.69, 9.17) is 18.9 Å². The number of carboxylic acid groups (broad SMARTS) is 2. The third-order valence-corrected chi connectivity index (χ3v) is 8.39. The number of hydrogen-bond acceptors (Lipinski definition) is 16. The zero-order valence-corrected chi connectivity index (χ0v) is 28.4. The van der Waals surface area contributed by atoms with Crippen molar-refractivity contribution in [3.8, 4) is 35.8 Å². The van der Waals surface area contributed by atoms with Gasteiger partial charge in [0.2, 0.25) is 0 Å². The molecule has 0 saturated heterocycles. The topological polar surface area (TPSA) is 350 Å². The average molecular weight is 781 g/mol. The molecular formula is C32H20N4O16S2. The van der Waals surface area contributed by atoms with Gasteiger partial charge in [-0.2, -0.15) is 37.9 Å². The summed E-state index contributed by atoms with van der Waals surface area (Å²) in [6, 6.07) is 12.7. The lowest BCUT2D eigenvalue weighted by Crippen LogP contribution is -2.23. The Balaban J connectivity index is 1.86. The number of rotatable bonds is 14. The second kappa shape index (κ2) is 17.2. The number of esters is 2. The van der Waals surface area contributed by atoms with E-state index in [9.17, 15) is 76.4 Å². The molecular weight excluding hydrogens is 760 g/mol. The Bertz CT molecular complexity index is 2400. The first-order valence-corrected chi connectivity index (χ1v) is 17.1. The quantitative estimate of drug-likeness (QED) is 0.0979. The molecule has 54 heavy (non-hydrogen) atoms. The van der Waals surface area contributed by atoms with Gasteiger partial charge in [-0.1, -0.05) is 0 Å². The van der Waals surface area contributed by atoms with E-state index in [2.05, 4.69) is 0 Å². The van der Waals surface area contributed by atoms with Gasteiger partial charge in [-0.05, 0) is 48.5 Å². The van der Waals surface area contributed by atoms with Gasteiger partial charge in [0, 0.05) is 10.4 Å². The molecule has 0 atom stereocenters. The lowest BCUT2D eigenvalue weighted by Gasteiger charge is -2.13. The van der Waals surface area contributed by atoms with Crippen LogP contribution in [-0.2, 0) is 29.7 Å². The van der Waals surface area contributed by atoms with Gasteiger partial charge >= 0.3 is 23.9 Å². The summed E-state index contributed by atoms with van der Waals surface area (Å²) in [5.41, 5.74) is -3.94. The summed E-state index contributed by atoms with van der Waals surface area (Å²) in [5, 5.41) is 56.5. The molecule has 3 aromatic carbocycles. The standard InChI is InChI=1S/C32H20N4O16S2/c33-13-17(14-34)23-12-28(50-6-8-52-32(42)22-4-2-20(54(46,47)48)10-26(22)30(39)40)24(18(15-35)16-36)11-27(23)49-5-7-51-31(41)21-3-1-19(53(43,44)45)9-25(21)29(37)38/h1-4,9-12H,5-8H2,(H,37,38)(H,39,40)(H,43,44,45)(H,46,47,48). The number of benzene rings is 3. The molecule has 0 aliphatic rings. The first-order chi connectivity index (χ1) is 25.4. The van der Waals surface area contributed by atoms with Crippen LogP contribution in [0.5, 0.6) is 11.5 Å². The molecule has 276 valence electrons. The van der Waals surface area contributed by atoms with E-state index in [-0.39, 0.29) is 21.9 Å². The van der Waals surface area contributed by atoms with E-state index in [0.29, 0.717) is 12.1 Å². The molecule has 0 aliphatic carbocycles. The van der Waals surface area contributed by atoms with Crippen LogP contribution >= 0.6 is 0 Å². The maximum Gasteiger partial charge on any atom is 0.339 e. The van der Waals surface area contributed by atoms with Gasteiger partial charge in [-0.25, -0.2) is 19.2 Å². The molecule has 3 aromatic rings. The van der Waals surface area contributed by atoms with Gasteiger partial charge in [-0.3, -0.25) is 9.11 Å². The van der Waals surface area contributed by atoms with Crippen molar-refractivity contribution in [2.24, 2.45) is 0 Å². The van der Waals surface area contributed by atoms with Crippen LogP contribution in [0.15, 0.2) is 58.3 Å². The predicted molar refractivity (Wildman–Crippen MR) is 173 cm³/mol. The maximum absolute atomic E-state index is 12.6. The molecule has 0 heterocycles. The number of nitriles is 4. The lowest BCUT2D eigenvalue weighted by atomic mass is 10.1. The number of carbonyl (C=O) groups excluding carboxylic acids is 2. The van der Waals surface area contributed by atoms with Crippen LogP contribution in [0.3, 0.4) is 0 Å². The van der Waals surface area contributed by atoms with Gasteiger partial charge in [0.05, 0.1) is 32.0 Å². The molecule has 0 spiro atoms. The van der Waals surface area contributed by atoms with Crippen LogP contribution in [0.4, 0.5) is 0 Å². The first kappa shape index (κ1) is 41.1. The predicted octanol–water partition coefficient (Wildman–Crippen LogP) is 0.444. The summed E-state index contributed by atoms with van der Waals surface area (Å²) < 4.78 is 84.9. The molecule has 0 fully saturated rings. The van der Waals surface area contributed by atoms with Crippen molar-refractivity contribution in [3.63, 3.8) is 0 Å². The van der Waals surface area contributed by atoms with Gasteiger partial charge in [-0.15, -0.1) is 0 Å². The zero-order chi connectivity index (χ0) is 40.4. The van der Waals surface area contributed by atoms with Crippen LogP contribution in [0, 0.1) is 45.3 Å². The van der Waals surface area contributed by atoms with E-state index in [1.165, 1.54) is 0 Å². The van der Waals surface area contributed by atoms with E-state index >= 15 is 0 Å². The van der Waals surface area contributed by atoms with Crippen LogP contribution in [0.1, 0.15) is 41.4 Å². The minimum Gasteiger partial charge on any atom is -0.489 e. The Kier molecular flexibility index (Phi) is 13.1. The van der Waals surface area contributed by atoms with Crippen molar-refractivity contribution in [2.75, 3.05) is 26.4 Å². The van der Waals surface area contributed by atoms with E-state index in [0.717, 1.165) is 36.4 Å². The zero-order valence-electron chi connectivity index (χ0n) is 26.7. The molecule has 4 N–H and O–H groups in total. The van der Waals surface area contributed by atoms with Crippen LogP contribution in [0.2, 0.25) is 0 Å². The van der Waals surface area contributed by atoms with Gasteiger partial charge < -0.3 is 29.2 Å². The highest BCUT2D eigenvalue weighted by molar-refractivity contribution is 7.86. The highest BCUT2D eigenvalue weighted by atomic mass is 32.2. The Morgan fingerprint density at radius 1 is 0.537 bits per heavy atom. The van der Waals surface area contributed by atoms with Crippen molar-refractivity contribution in [1.82, 2.24) is 0 Å². The summed E-state index contributed by atoms with van der Waals surface area (Å²) in [6.45, 7) is -2.30. The SMILES string of the molecule is N#CC(C#N)=c1cc(OCCOC(=O)c2ccc(S(=O)(=O)O)cc2C(=O)O)c(=C(C#N)C#N)cc1OCCOC(=O)c1ccc(S(=O)(=O)O)cc1C(=O)O. The first-order valence-electron chi connectivity index (χ1n) is 14.2. The molecule has 0 aliphatic heterocycles. The van der Waals surface area contributed by atoms with Gasteiger partial charge in [0.1, 0.15) is 73.3 Å². The monoisotopic (exact) mass is 780 g/mol. The van der Waals surface area contributed by atoms with Crippen LogP contribution in [-0.4, -0.2) is 86.5 Å². The Morgan fingerprint density at radius 3 is 1.15 bits per heavy atom. The molecule has 0 amide bonds. The summed E-state index contributed by atoms with van der Waals surface area (Å²) in [6.07, 6.45) is 0. The molecule has 0 radical (unpaired) electrons. The van der Waals surface area contributed by atoms with Crippen molar-refractivity contribution in [3.05, 3.63) is 81.2 Å². The molecule has 0 unspecified atom stereocenters. The fourth-order valence-corrected chi connectivity index (χ4v) is 5.30. The molecule has 0 aromatic heterocycles. The Labute approximate surface area is 303 Å². The summed E-state index contributed by atoms with van der Waals surface area (Å²) in [7, 11) is -9.62. The number of nitrogens with zero attached hydrogens (tertiary/aromatic N) is 4. The Morgan fingerprint density at radius 2 is 0.870 bits per heavy atom. The highest BCUT2D eigenvalue weighted by Gasteiger charge is 2.23. The average Bonchev–Trinajstić information content (AvgIpc) is 3.12. The highest BCUT2D eigenvalue weighted by Crippen LogP contribution is 2.19. The van der Waals surface area contributed by atoms with Crippen molar-refractivity contribution in [1.29, 1.82) is 21.0 Å². The van der Waals surface area contributed by atoms with E-state index < -0.39 is 114 Å². The van der Waals surface area contributed by atoms with E-state index in [1.807, 2.05) is 0 Å². The van der Waals surface area contributed by atoms with Crippen LogP contribution < -0.4 is 19.9 Å². The molecule has 22 heteroatoms. The normalized spacial score (nSPS) is 10.6. The Hall–Kier alpha value is -7.34. The second-order valence-electron chi connectivity index (χ2n) is 9.99. The number of aromatic carboxylic acids is 2.